The van der Waals surface area contributed by atoms with Crippen molar-refractivity contribution in [2.45, 2.75) is 49.2 Å². The largest absolute Gasteiger partial charge is 0.386 e. The summed E-state index contributed by atoms with van der Waals surface area (Å²) in [7, 11) is 0. The minimum absolute atomic E-state index is 0.168. The Hall–Kier alpha value is -2.93. The van der Waals surface area contributed by atoms with Crippen LogP contribution in [-0.2, 0) is 43.9 Å². The zero-order chi connectivity index (χ0) is 33.2. The van der Waals surface area contributed by atoms with Gasteiger partial charge in [-0.05, 0) is 11.8 Å². The van der Waals surface area contributed by atoms with Crippen molar-refractivity contribution in [3.8, 4) is 11.8 Å². The second-order valence-electron chi connectivity index (χ2n) is 10.8. The first-order valence-electron chi connectivity index (χ1n) is 14.3. The zero-order valence-electron chi connectivity index (χ0n) is 24.1. The second kappa shape index (κ2) is 12.4. The van der Waals surface area contributed by atoms with E-state index in [1.54, 1.807) is 0 Å². The van der Waals surface area contributed by atoms with Crippen LogP contribution in [0, 0.1) is 11.8 Å². The van der Waals surface area contributed by atoms with Crippen LogP contribution in [0.1, 0.15) is 12.5 Å². The van der Waals surface area contributed by atoms with Crippen molar-refractivity contribution >= 4 is 71.5 Å². The van der Waals surface area contributed by atoms with E-state index in [0.717, 1.165) is 0 Å². The molecule has 0 spiro atoms. The smallest absolute Gasteiger partial charge is 0.357 e. The van der Waals surface area contributed by atoms with Crippen LogP contribution < -0.4 is 10.6 Å². The van der Waals surface area contributed by atoms with E-state index in [2.05, 4.69) is 64.6 Å². The first kappa shape index (κ1) is 32.3. The van der Waals surface area contributed by atoms with Gasteiger partial charge in [-0.3, -0.25) is 22.7 Å². The molecule has 3 saturated heterocycles. The average Bonchev–Trinajstić information content (AvgIpc) is 3.81. The number of hydrogen-bond acceptors (Lipinski definition) is 16. The second-order valence-corrected chi connectivity index (χ2v) is 16.5. The maximum Gasteiger partial charge on any atom is 0.386 e. The molecule has 3 N–H and O–H groups in total. The molecular weight excluding hydrogens is 720 g/mol. The molecule has 0 aromatic carbocycles. The minimum atomic E-state index is -4.38. The van der Waals surface area contributed by atoms with Gasteiger partial charge in [0, 0.05) is 0 Å². The van der Waals surface area contributed by atoms with Gasteiger partial charge >= 0.3 is 13.5 Å². The van der Waals surface area contributed by atoms with Crippen molar-refractivity contribution in [1.29, 1.82) is 0 Å². The van der Waals surface area contributed by atoms with Gasteiger partial charge in [0.1, 0.15) is 37.1 Å². The molecule has 9 rings (SSSR count). The number of aromatic nitrogens is 8. The van der Waals surface area contributed by atoms with Gasteiger partial charge in [-0.1, -0.05) is 24.1 Å². The summed E-state index contributed by atoms with van der Waals surface area (Å²) < 4.78 is 82.7. The Bertz CT molecular complexity index is 1910. The van der Waals surface area contributed by atoms with Crippen LogP contribution >= 0.6 is 25.8 Å². The van der Waals surface area contributed by atoms with E-state index >= 15 is 8.78 Å². The van der Waals surface area contributed by atoms with Crippen LogP contribution in [0.15, 0.2) is 25.3 Å². The van der Waals surface area contributed by atoms with Crippen LogP contribution in [0.25, 0.3) is 22.3 Å². The number of halogens is 2. The zero-order valence-corrected chi connectivity index (χ0v) is 27.6. The highest BCUT2D eigenvalue weighted by Gasteiger charge is 2.54. The molecule has 3 unspecified atom stereocenters. The van der Waals surface area contributed by atoms with Crippen LogP contribution in [0.2, 0.25) is 0 Å². The summed E-state index contributed by atoms with van der Waals surface area (Å²) in [6, 6.07) is 0. The van der Waals surface area contributed by atoms with E-state index < -0.39 is 75.9 Å². The molecule has 4 aromatic heterocycles. The highest BCUT2D eigenvalue weighted by molar-refractivity contribution is 8.44. The standard InChI is InChI=1S/C24H24F2N10O8P2S2/c25-13-17-11-5-39-46(38,48)44-18-12(6-40-45(37,47)43-17)42-24(14(18)26)36-10-34-16-20(30-8-32-22(16)36)28-4-2-1-3-27-19-15-21(31-7-29-19)35(9-33-15)23(13)41-11/h7-14,17-18,23-24H,3-6H2,(H,37,47)(H,38,48)(H,27,29,31)(H,28,30,32)/t11-,12-,13-,14-,17-,18-,23-,24?,45?,46?/m1/s1. The number of nitrogens with one attached hydrogen (secondary N) is 2. The molecule has 18 nitrogen and oxygen atoms in total. The monoisotopic (exact) mass is 744 g/mol. The summed E-state index contributed by atoms with van der Waals surface area (Å²) in [5.41, 5.74) is 0.979. The summed E-state index contributed by atoms with van der Waals surface area (Å²) in [4.78, 5) is 36.7. The molecule has 254 valence electrons. The molecule has 24 heteroatoms. The molecule has 10 atom stereocenters. The third kappa shape index (κ3) is 5.86. The lowest BCUT2D eigenvalue weighted by atomic mass is 10.1. The molecular formula is C24H24F2N10O8P2S2. The van der Waals surface area contributed by atoms with Gasteiger partial charge in [0.2, 0.25) is 0 Å². The summed E-state index contributed by atoms with van der Waals surface area (Å²) in [5.74, 6) is 6.57. The van der Waals surface area contributed by atoms with Crippen molar-refractivity contribution in [3.63, 3.8) is 0 Å². The fraction of sp³-hybridized carbons (Fsp3) is 0.500. The number of nitrogens with zero attached hydrogens (tertiary/aromatic N) is 8. The number of fused-ring (bicyclic) bond motifs is 10. The third-order valence-electron chi connectivity index (χ3n) is 7.93. The first-order chi connectivity index (χ1) is 23.1. The lowest BCUT2D eigenvalue weighted by Gasteiger charge is -2.29. The molecule has 0 amide bonds. The van der Waals surface area contributed by atoms with Gasteiger partial charge in [-0.25, -0.2) is 43.2 Å². The Labute approximate surface area is 279 Å². The van der Waals surface area contributed by atoms with E-state index in [4.69, 9.17) is 39.4 Å². The van der Waals surface area contributed by atoms with Crippen LogP contribution in [-0.4, -0.2) is 107 Å². The molecule has 48 heavy (non-hydrogen) atoms. The van der Waals surface area contributed by atoms with Gasteiger partial charge in [0.05, 0.1) is 39.0 Å². The van der Waals surface area contributed by atoms with Crippen LogP contribution in [0.3, 0.4) is 0 Å². The number of anilines is 2. The number of rotatable bonds is 0. The third-order valence-corrected chi connectivity index (χ3v) is 11.1. The lowest BCUT2D eigenvalue weighted by molar-refractivity contribution is -0.0564. The SMILES string of the molecule is O=P1(S)OC[C@H]2OC3[C@H](F)[C@@H]2OP(O)(=S)OC[C@H]2O[C@H]([C@H](F)[C@@H]2O1)n1cnc2c(ncnc21)NCC#CCNc1ncnc2c1ncn23. The van der Waals surface area contributed by atoms with E-state index in [-0.39, 0.29) is 29.9 Å². The van der Waals surface area contributed by atoms with Gasteiger partial charge in [0.25, 0.3) is 0 Å². The summed E-state index contributed by atoms with van der Waals surface area (Å²) in [6.45, 7) is -9.52. The minimum Gasteiger partial charge on any atom is -0.357 e. The molecule has 3 fully saturated rings. The molecule has 14 bridgehead atoms. The van der Waals surface area contributed by atoms with Crippen molar-refractivity contribution < 1.29 is 45.8 Å². The summed E-state index contributed by atoms with van der Waals surface area (Å²) >= 11 is 9.27. The fourth-order valence-corrected chi connectivity index (χ4v) is 8.69. The Kier molecular flexibility index (Phi) is 8.37. The molecule has 5 aliphatic heterocycles. The number of thiol groups is 1. The molecule has 0 radical (unpaired) electrons. The first-order valence-corrected chi connectivity index (χ1v) is 19.6. The molecule has 4 aromatic rings. The molecule has 5 aliphatic rings. The maximum absolute atomic E-state index is 16.2. The van der Waals surface area contributed by atoms with E-state index in [0.29, 0.717) is 17.2 Å². The van der Waals surface area contributed by atoms with Gasteiger partial charge in [-0.2, -0.15) is 0 Å². The maximum atomic E-state index is 16.2. The summed E-state index contributed by atoms with van der Waals surface area (Å²) in [5, 5.41) is 6.12. The number of imidazole rings is 2. The highest BCUT2D eigenvalue weighted by atomic mass is 32.7. The van der Waals surface area contributed by atoms with Crippen molar-refractivity contribution in [2.75, 3.05) is 36.9 Å². The molecule has 9 heterocycles. The van der Waals surface area contributed by atoms with Crippen LogP contribution in [0.4, 0.5) is 20.4 Å². The fourth-order valence-electron chi connectivity index (χ4n) is 5.78. The summed E-state index contributed by atoms with van der Waals surface area (Å²) in [6.07, 6.45) is -7.58. The molecule has 0 aliphatic carbocycles. The van der Waals surface area contributed by atoms with Crippen molar-refractivity contribution in [3.05, 3.63) is 25.3 Å². The average molecular weight is 745 g/mol. The van der Waals surface area contributed by atoms with Gasteiger partial charge < -0.3 is 29.5 Å². The van der Waals surface area contributed by atoms with Gasteiger partial charge in [0.15, 0.2) is 58.8 Å². The van der Waals surface area contributed by atoms with E-state index in [1.807, 2.05) is 0 Å². The van der Waals surface area contributed by atoms with Gasteiger partial charge in [-0.15, -0.1) is 0 Å². The lowest BCUT2D eigenvalue weighted by Crippen LogP contribution is -2.37. The normalized spacial score (nSPS) is 37.0. The topological polar surface area (TPSA) is 204 Å². The highest BCUT2D eigenvalue weighted by Crippen LogP contribution is 2.58. The Morgan fingerprint density at radius 1 is 0.833 bits per heavy atom. The number of hydrogen-bond donors (Lipinski definition) is 4. The van der Waals surface area contributed by atoms with E-state index in [9.17, 15) is 9.46 Å². The predicted octanol–water partition coefficient (Wildman–Crippen LogP) is 2.05. The Morgan fingerprint density at radius 3 is 1.88 bits per heavy atom. The number of ether oxygens (including phenoxy) is 2. The predicted molar refractivity (Wildman–Crippen MR) is 168 cm³/mol. The van der Waals surface area contributed by atoms with Crippen molar-refractivity contribution in [2.24, 2.45) is 0 Å². The van der Waals surface area contributed by atoms with E-state index in [1.165, 1.54) is 34.4 Å². The quantitative estimate of drug-likeness (QED) is 0.116. The number of alkyl halides is 2. The Morgan fingerprint density at radius 2 is 1.33 bits per heavy atom. The van der Waals surface area contributed by atoms with Crippen molar-refractivity contribution in [1.82, 2.24) is 39.0 Å². The van der Waals surface area contributed by atoms with Crippen LogP contribution in [0.5, 0.6) is 0 Å². The molecule has 0 saturated carbocycles. The Balaban J connectivity index is 1.22.